The molecule has 0 amide bonds. The van der Waals surface area contributed by atoms with Crippen molar-refractivity contribution in [2.75, 3.05) is 24.2 Å². The van der Waals surface area contributed by atoms with Crippen LogP contribution in [0.5, 0.6) is 5.75 Å². The molecule has 0 saturated heterocycles. The molecule has 0 radical (unpaired) electrons. The summed E-state index contributed by atoms with van der Waals surface area (Å²) >= 11 is 2.87. The normalized spacial score (nSPS) is 12.6. The molecular weight excluding hydrogens is 548 g/mol. The van der Waals surface area contributed by atoms with E-state index in [0.717, 1.165) is 37.8 Å². The summed E-state index contributed by atoms with van der Waals surface area (Å²) < 4.78 is -2.75. The van der Waals surface area contributed by atoms with Crippen LogP contribution in [0.1, 0.15) is 19.8 Å². The molecule has 4 heteroatoms. The number of rotatable bonds is 10. The Hall–Kier alpha value is -2.36. The van der Waals surface area contributed by atoms with Crippen LogP contribution in [-0.4, -0.2) is 24.4 Å². The molecule has 1 N–H and O–H groups in total. The van der Waals surface area contributed by atoms with Gasteiger partial charge in [-0.15, -0.1) is 0 Å². The number of aromatic hydroxyl groups is 1. The Bertz CT molecular complexity index is 1080. The second-order valence-corrected chi connectivity index (χ2v) is 19.5. The van der Waals surface area contributed by atoms with Gasteiger partial charge in [0.1, 0.15) is 0 Å². The minimum atomic E-state index is -2.75. The molecule has 0 aromatic heterocycles. The first-order valence-electron chi connectivity index (χ1n) is 12.0. The third-order valence-corrected chi connectivity index (χ3v) is 18.3. The molecule has 0 fully saturated rings. The molecule has 0 aliphatic rings. The standard InChI is InChI=1S/C30H33INOP/c1-2-22-32(26-14-12-15-27(33)25-26)23-13-24-34(31,28-16-6-3-7-17-28,29-18-8-4-9-19-29)30-20-10-5-11-21-30/h3-12,14-21,25,33H,2,13,22-24H2,1H3. The maximum absolute atomic E-state index is 10.1. The molecule has 4 aromatic carbocycles. The summed E-state index contributed by atoms with van der Waals surface area (Å²) in [5, 5.41) is 14.3. The van der Waals surface area contributed by atoms with Gasteiger partial charge in [-0.25, -0.2) is 0 Å². The van der Waals surface area contributed by atoms with Crippen LogP contribution >= 0.6 is 26.3 Å². The molecule has 0 saturated carbocycles. The van der Waals surface area contributed by atoms with E-state index in [9.17, 15) is 5.11 Å². The molecule has 176 valence electrons. The third-order valence-electron chi connectivity index (χ3n) is 6.58. The second kappa shape index (κ2) is 10.9. The molecule has 34 heavy (non-hydrogen) atoms. The van der Waals surface area contributed by atoms with Crippen molar-refractivity contribution in [2.24, 2.45) is 0 Å². The van der Waals surface area contributed by atoms with Crippen LogP contribution in [0.15, 0.2) is 115 Å². The van der Waals surface area contributed by atoms with E-state index in [1.54, 1.807) is 6.07 Å². The van der Waals surface area contributed by atoms with Crippen LogP contribution in [0.3, 0.4) is 0 Å². The van der Waals surface area contributed by atoms with Gasteiger partial charge >= 0.3 is 218 Å². The van der Waals surface area contributed by atoms with E-state index < -0.39 is 4.25 Å². The van der Waals surface area contributed by atoms with Crippen LogP contribution in [0.4, 0.5) is 5.69 Å². The fourth-order valence-electron chi connectivity index (χ4n) is 4.94. The van der Waals surface area contributed by atoms with Gasteiger partial charge in [-0.05, 0) is 0 Å². The molecule has 0 unspecified atom stereocenters. The van der Waals surface area contributed by atoms with Gasteiger partial charge in [-0.1, -0.05) is 0 Å². The molecule has 0 atom stereocenters. The average Bonchev–Trinajstić information content (AvgIpc) is 2.90. The first-order valence-corrected chi connectivity index (χ1v) is 17.2. The second-order valence-electron chi connectivity index (χ2n) is 8.77. The van der Waals surface area contributed by atoms with Crippen LogP contribution in [-0.2, 0) is 0 Å². The molecule has 0 aliphatic carbocycles. The predicted octanol–water partition coefficient (Wildman–Crippen LogP) is 6.88. The van der Waals surface area contributed by atoms with Gasteiger partial charge in [0, 0.05) is 0 Å². The molecular formula is C30H33INOP. The van der Waals surface area contributed by atoms with Crippen LogP contribution < -0.4 is 20.8 Å². The van der Waals surface area contributed by atoms with Crippen LogP contribution in [0.2, 0.25) is 0 Å². The number of phenolic OH excluding ortho intramolecular Hbond substituents is 1. The Morgan fingerprint density at radius 3 is 1.62 bits per heavy atom. The third kappa shape index (κ3) is 4.87. The van der Waals surface area contributed by atoms with Gasteiger partial charge in [-0.3, -0.25) is 0 Å². The minimum absolute atomic E-state index is 0.324. The molecule has 0 heterocycles. The summed E-state index contributed by atoms with van der Waals surface area (Å²) in [5.74, 6) is 0.324. The Balaban J connectivity index is 1.78. The Morgan fingerprint density at radius 2 is 1.18 bits per heavy atom. The van der Waals surface area contributed by atoms with Crippen molar-refractivity contribution in [1.82, 2.24) is 0 Å². The van der Waals surface area contributed by atoms with Crippen molar-refractivity contribution >= 4 is 47.9 Å². The number of halogens is 1. The molecule has 0 bridgehead atoms. The van der Waals surface area contributed by atoms with Crippen LogP contribution in [0, 0.1) is 0 Å². The van der Waals surface area contributed by atoms with E-state index >= 15 is 0 Å². The van der Waals surface area contributed by atoms with Crippen molar-refractivity contribution in [3.8, 4) is 5.75 Å². The number of hydrogen-bond donors (Lipinski definition) is 1. The quantitative estimate of drug-likeness (QED) is 0.163. The van der Waals surface area contributed by atoms with E-state index in [1.165, 1.54) is 15.9 Å². The van der Waals surface area contributed by atoms with Crippen LogP contribution in [0.25, 0.3) is 0 Å². The number of nitrogens with zero attached hydrogens (tertiary/aromatic N) is 1. The summed E-state index contributed by atoms with van der Waals surface area (Å²) in [7, 11) is 0. The Morgan fingerprint density at radius 1 is 0.676 bits per heavy atom. The van der Waals surface area contributed by atoms with E-state index in [0.29, 0.717) is 5.75 Å². The fourth-order valence-corrected chi connectivity index (χ4v) is 13.6. The molecule has 4 rings (SSSR count). The predicted molar refractivity (Wildman–Crippen MR) is 159 cm³/mol. The molecule has 0 spiro atoms. The molecule has 2 nitrogen and oxygen atoms in total. The maximum atomic E-state index is 10.1. The van der Waals surface area contributed by atoms with Gasteiger partial charge in [0.2, 0.25) is 0 Å². The first kappa shape index (κ1) is 24.8. The summed E-state index contributed by atoms with van der Waals surface area (Å²) in [6.07, 6.45) is 3.19. The fraction of sp³-hybridized carbons (Fsp3) is 0.200. The van der Waals surface area contributed by atoms with Gasteiger partial charge in [0.15, 0.2) is 0 Å². The Kier molecular flexibility index (Phi) is 7.95. The van der Waals surface area contributed by atoms with Gasteiger partial charge in [0.05, 0.1) is 0 Å². The van der Waals surface area contributed by atoms with Crippen molar-refractivity contribution in [1.29, 1.82) is 0 Å². The van der Waals surface area contributed by atoms with Crippen molar-refractivity contribution in [3.05, 3.63) is 115 Å². The van der Waals surface area contributed by atoms with E-state index in [1.807, 2.05) is 12.1 Å². The van der Waals surface area contributed by atoms with Gasteiger partial charge < -0.3 is 0 Å². The monoisotopic (exact) mass is 581 g/mol. The number of anilines is 1. The Labute approximate surface area is 217 Å². The van der Waals surface area contributed by atoms with Gasteiger partial charge in [0.25, 0.3) is 0 Å². The summed E-state index contributed by atoms with van der Waals surface area (Å²) in [4.78, 5) is 2.42. The average molecular weight is 581 g/mol. The van der Waals surface area contributed by atoms with E-state index in [4.69, 9.17) is 0 Å². The zero-order valence-electron chi connectivity index (χ0n) is 19.7. The SMILES string of the molecule is CCCN(CCCP(I)(c1ccccc1)(c1ccccc1)c1ccccc1)c1cccc(O)c1. The number of hydrogen-bond acceptors (Lipinski definition) is 2. The summed E-state index contributed by atoms with van der Waals surface area (Å²) in [5.41, 5.74) is 1.09. The van der Waals surface area contributed by atoms with Gasteiger partial charge in [-0.2, -0.15) is 0 Å². The topological polar surface area (TPSA) is 23.5 Å². The zero-order chi connectivity index (χ0) is 23.9. The van der Waals surface area contributed by atoms with Crippen molar-refractivity contribution < 1.29 is 5.11 Å². The summed E-state index contributed by atoms with van der Waals surface area (Å²) in [6.45, 7) is 4.14. The van der Waals surface area contributed by atoms with Crippen molar-refractivity contribution in [3.63, 3.8) is 0 Å². The first-order chi connectivity index (χ1) is 16.6. The van der Waals surface area contributed by atoms with Crippen molar-refractivity contribution in [2.45, 2.75) is 19.8 Å². The number of benzene rings is 4. The molecule has 0 aliphatic heterocycles. The summed E-state index contributed by atoms with van der Waals surface area (Å²) in [6, 6.07) is 41.0. The zero-order valence-corrected chi connectivity index (χ0v) is 22.8. The number of phenols is 1. The van der Waals surface area contributed by atoms with E-state index in [-0.39, 0.29) is 0 Å². The molecule has 4 aromatic rings. The van der Waals surface area contributed by atoms with E-state index in [2.05, 4.69) is 131 Å².